The Morgan fingerprint density at radius 3 is 2.52 bits per heavy atom. The first-order valence-corrected chi connectivity index (χ1v) is 9.97. The average Bonchev–Trinajstić information content (AvgIpc) is 3.11. The van der Waals surface area contributed by atoms with E-state index in [0.29, 0.717) is 13.0 Å². The lowest BCUT2D eigenvalue weighted by atomic mass is 10.1. The summed E-state index contributed by atoms with van der Waals surface area (Å²) in [6, 6.07) is 17.5. The van der Waals surface area contributed by atoms with Crippen molar-refractivity contribution in [1.82, 2.24) is 4.90 Å². The number of benzene rings is 2. The smallest absolute Gasteiger partial charge is 0.410 e. The van der Waals surface area contributed by atoms with Crippen LogP contribution in [0.15, 0.2) is 54.6 Å². The molecule has 0 bridgehead atoms. The lowest BCUT2D eigenvalue weighted by Crippen LogP contribution is -2.47. The van der Waals surface area contributed by atoms with Gasteiger partial charge in [-0.15, -0.1) is 0 Å². The predicted octanol–water partition coefficient (Wildman–Crippen LogP) is 3.43. The molecular weight excluding hydrogens is 368 g/mol. The van der Waals surface area contributed by atoms with E-state index in [4.69, 9.17) is 15.2 Å². The second-order valence-corrected chi connectivity index (χ2v) is 8.37. The molecule has 6 nitrogen and oxygen atoms in total. The number of hydrogen-bond acceptors (Lipinski definition) is 5. The number of carbonyl (C=O) groups is 1. The zero-order valence-corrected chi connectivity index (χ0v) is 17.2. The quantitative estimate of drug-likeness (QED) is 0.806. The van der Waals surface area contributed by atoms with E-state index in [2.05, 4.69) is 0 Å². The topological polar surface area (TPSA) is 85.0 Å². The van der Waals surface area contributed by atoms with Gasteiger partial charge in [-0.05, 0) is 44.0 Å². The van der Waals surface area contributed by atoms with E-state index in [1.54, 1.807) is 0 Å². The Bertz CT molecular complexity index is 819. The lowest BCUT2D eigenvalue weighted by molar-refractivity contribution is 0.00624. The largest absolute Gasteiger partial charge is 0.488 e. The van der Waals surface area contributed by atoms with Gasteiger partial charge in [-0.25, -0.2) is 4.79 Å². The number of rotatable bonds is 5. The van der Waals surface area contributed by atoms with E-state index in [1.807, 2.05) is 75.4 Å². The van der Waals surface area contributed by atoms with Gasteiger partial charge >= 0.3 is 6.09 Å². The van der Waals surface area contributed by atoms with Crippen molar-refractivity contribution < 1.29 is 19.4 Å². The zero-order chi connectivity index (χ0) is 21.0. The molecular formula is C23H30N2O4. The van der Waals surface area contributed by atoms with Gasteiger partial charge in [0.1, 0.15) is 17.5 Å². The monoisotopic (exact) mass is 398 g/mol. The molecule has 0 aromatic heterocycles. The van der Waals surface area contributed by atoms with Crippen molar-refractivity contribution in [2.75, 3.05) is 13.1 Å². The van der Waals surface area contributed by atoms with Crippen LogP contribution in [0.25, 0.3) is 11.1 Å². The summed E-state index contributed by atoms with van der Waals surface area (Å²) in [5.41, 5.74) is 7.21. The second-order valence-electron chi connectivity index (χ2n) is 8.37. The Labute approximate surface area is 172 Å². The maximum atomic E-state index is 12.6. The van der Waals surface area contributed by atoms with Crippen LogP contribution in [-0.2, 0) is 4.74 Å². The molecule has 0 radical (unpaired) electrons. The summed E-state index contributed by atoms with van der Waals surface area (Å²) in [6.45, 7) is 5.86. The van der Waals surface area contributed by atoms with E-state index in [0.717, 1.165) is 16.9 Å². The molecule has 3 rings (SSSR count). The third kappa shape index (κ3) is 5.49. The van der Waals surface area contributed by atoms with Gasteiger partial charge in [0, 0.05) is 13.0 Å². The van der Waals surface area contributed by atoms with Crippen molar-refractivity contribution >= 4 is 6.09 Å². The SMILES string of the molecule is CC(C)(C)OC(=O)N1CC(Oc2cccc(-c3ccccc3)c2)CC1C(O)CN. The molecule has 1 aliphatic rings. The highest BCUT2D eigenvalue weighted by atomic mass is 16.6. The van der Waals surface area contributed by atoms with Gasteiger partial charge in [0.15, 0.2) is 0 Å². The van der Waals surface area contributed by atoms with Gasteiger partial charge in [0.25, 0.3) is 0 Å². The van der Waals surface area contributed by atoms with E-state index < -0.39 is 23.8 Å². The van der Waals surface area contributed by atoms with Crippen LogP contribution in [0.3, 0.4) is 0 Å². The Morgan fingerprint density at radius 1 is 1.17 bits per heavy atom. The number of nitrogens with two attached hydrogens (primary N) is 1. The molecule has 0 aliphatic carbocycles. The third-order valence-electron chi connectivity index (χ3n) is 4.86. The molecule has 156 valence electrons. The molecule has 29 heavy (non-hydrogen) atoms. The van der Waals surface area contributed by atoms with Crippen molar-refractivity contribution in [3.8, 4) is 16.9 Å². The average molecular weight is 399 g/mol. The minimum Gasteiger partial charge on any atom is -0.488 e. The fourth-order valence-corrected chi connectivity index (χ4v) is 3.54. The normalized spacial score (nSPS) is 20.4. The van der Waals surface area contributed by atoms with Crippen LogP contribution in [0.4, 0.5) is 4.79 Å². The molecule has 3 N–H and O–H groups in total. The van der Waals surface area contributed by atoms with Crippen molar-refractivity contribution in [1.29, 1.82) is 0 Å². The van der Waals surface area contributed by atoms with Crippen LogP contribution >= 0.6 is 0 Å². The lowest BCUT2D eigenvalue weighted by Gasteiger charge is -2.30. The van der Waals surface area contributed by atoms with Crippen LogP contribution in [0.1, 0.15) is 27.2 Å². The number of amides is 1. The van der Waals surface area contributed by atoms with Crippen LogP contribution in [-0.4, -0.2) is 53.0 Å². The van der Waals surface area contributed by atoms with Crippen molar-refractivity contribution in [2.45, 2.75) is 51.0 Å². The Morgan fingerprint density at radius 2 is 1.86 bits per heavy atom. The van der Waals surface area contributed by atoms with Gasteiger partial charge in [-0.2, -0.15) is 0 Å². The fraction of sp³-hybridized carbons (Fsp3) is 0.435. The number of carbonyl (C=O) groups excluding carboxylic acids is 1. The Balaban J connectivity index is 1.74. The first-order valence-electron chi connectivity index (χ1n) is 9.97. The Hall–Kier alpha value is -2.57. The molecule has 3 unspecified atom stereocenters. The van der Waals surface area contributed by atoms with Crippen LogP contribution in [0, 0.1) is 0 Å². The number of nitrogens with zero attached hydrogens (tertiary/aromatic N) is 1. The number of ether oxygens (including phenoxy) is 2. The molecule has 2 aromatic rings. The summed E-state index contributed by atoms with van der Waals surface area (Å²) < 4.78 is 11.7. The molecule has 0 spiro atoms. The molecule has 0 saturated carbocycles. The second kappa shape index (κ2) is 8.84. The molecule has 1 amide bonds. The van der Waals surface area contributed by atoms with E-state index in [1.165, 1.54) is 4.90 Å². The van der Waals surface area contributed by atoms with Crippen LogP contribution < -0.4 is 10.5 Å². The zero-order valence-electron chi connectivity index (χ0n) is 17.2. The van der Waals surface area contributed by atoms with Gasteiger partial charge < -0.3 is 20.3 Å². The summed E-state index contributed by atoms with van der Waals surface area (Å²) >= 11 is 0. The highest BCUT2D eigenvalue weighted by Gasteiger charge is 2.41. The summed E-state index contributed by atoms with van der Waals surface area (Å²) in [7, 11) is 0. The first-order chi connectivity index (χ1) is 13.8. The molecule has 1 fully saturated rings. The van der Waals surface area contributed by atoms with Crippen molar-refractivity contribution in [3.05, 3.63) is 54.6 Å². The van der Waals surface area contributed by atoms with Crippen molar-refractivity contribution in [2.24, 2.45) is 5.73 Å². The summed E-state index contributed by atoms with van der Waals surface area (Å²) in [5, 5.41) is 10.3. The molecule has 1 heterocycles. The fourth-order valence-electron chi connectivity index (χ4n) is 3.54. The van der Waals surface area contributed by atoms with E-state index in [-0.39, 0.29) is 12.6 Å². The van der Waals surface area contributed by atoms with Crippen LogP contribution in [0.5, 0.6) is 5.75 Å². The van der Waals surface area contributed by atoms with Gasteiger partial charge in [0.2, 0.25) is 0 Å². The molecule has 1 aliphatic heterocycles. The highest BCUT2D eigenvalue weighted by Crippen LogP contribution is 2.29. The predicted molar refractivity (Wildman–Crippen MR) is 113 cm³/mol. The number of aliphatic hydroxyl groups is 1. The minimum absolute atomic E-state index is 0.0696. The van der Waals surface area contributed by atoms with E-state index >= 15 is 0 Å². The standard InChI is InChI=1S/C23H30N2O4/c1-23(2,3)29-22(27)25-15-19(13-20(25)21(26)14-24)28-18-11-7-10-17(12-18)16-8-5-4-6-9-16/h4-12,19-21,26H,13-15,24H2,1-3H3. The number of hydrogen-bond donors (Lipinski definition) is 2. The van der Waals surface area contributed by atoms with Gasteiger partial charge in [-0.3, -0.25) is 4.90 Å². The maximum Gasteiger partial charge on any atom is 0.410 e. The first kappa shape index (κ1) is 21.1. The summed E-state index contributed by atoms with van der Waals surface area (Å²) in [4.78, 5) is 14.2. The van der Waals surface area contributed by atoms with Gasteiger partial charge in [0.05, 0.1) is 18.7 Å². The molecule has 1 saturated heterocycles. The highest BCUT2D eigenvalue weighted by molar-refractivity contribution is 5.69. The third-order valence-corrected chi connectivity index (χ3v) is 4.86. The van der Waals surface area contributed by atoms with Gasteiger partial charge in [-0.1, -0.05) is 42.5 Å². The maximum absolute atomic E-state index is 12.6. The van der Waals surface area contributed by atoms with E-state index in [9.17, 15) is 9.90 Å². The summed E-state index contributed by atoms with van der Waals surface area (Å²) in [6.07, 6.45) is -1.04. The summed E-state index contributed by atoms with van der Waals surface area (Å²) in [5.74, 6) is 0.725. The minimum atomic E-state index is -0.827. The van der Waals surface area contributed by atoms with Crippen LogP contribution in [0.2, 0.25) is 0 Å². The number of aliphatic hydroxyl groups excluding tert-OH is 1. The molecule has 6 heteroatoms. The number of likely N-dealkylation sites (tertiary alicyclic amines) is 1. The molecule has 3 atom stereocenters. The van der Waals surface area contributed by atoms with Crippen molar-refractivity contribution in [3.63, 3.8) is 0 Å². The Kier molecular flexibility index (Phi) is 6.45. The molecule has 2 aromatic carbocycles.